The second-order valence-electron chi connectivity index (χ2n) is 10.2. The first kappa shape index (κ1) is 25.2. The first-order chi connectivity index (χ1) is 18.6. The zero-order chi connectivity index (χ0) is 27.5. The maximum Gasteiger partial charge on any atom is 0.269 e. The summed E-state index contributed by atoms with van der Waals surface area (Å²) >= 11 is 6.69. The molecule has 0 fully saturated rings. The summed E-state index contributed by atoms with van der Waals surface area (Å²) in [6, 6.07) is 24.7. The molecule has 0 bridgehead atoms. The van der Waals surface area contributed by atoms with Crippen LogP contribution in [-0.4, -0.2) is 28.0 Å². The fourth-order valence-corrected chi connectivity index (χ4v) is 9.91. The first-order valence-corrected chi connectivity index (χ1v) is 15.3. The van der Waals surface area contributed by atoms with Gasteiger partial charge in [-0.25, -0.2) is 9.67 Å². The van der Waals surface area contributed by atoms with Gasteiger partial charge in [-0.05, 0) is 42.8 Å². The highest BCUT2D eigenvalue weighted by Gasteiger charge is 2.45. The third-order valence-corrected chi connectivity index (χ3v) is 11.6. The first-order valence-electron chi connectivity index (χ1n) is 12.5. The smallest absolute Gasteiger partial charge is 0.269 e. The van der Waals surface area contributed by atoms with Gasteiger partial charge in [-0.15, -0.1) is 0 Å². The van der Waals surface area contributed by atoms with Crippen molar-refractivity contribution in [1.82, 2.24) is 9.78 Å². The van der Waals surface area contributed by atoms with Crippen LogP contribution in [0.15, 0.2) is 94.9 Å². The van der Waals surface area contributed by atoms with E-state index in [0.717, 1.165) is 33.4 Å². The molecule has 1 aromatic heterocycles. The van der Waals surface area contributed by atoms with Crippen molar-refractivity contribution in [2.45, 2.75) is 26.2 Å². The zero-order valence-electron chi connectivity index (χ0n) is 22.0. The van der Waals surface area contributed by atoms with Gasteiger partial charge in [-0.2, -0.15) is 5.10 Å². The van der Waals surface area contributed by atoms with Gasteiger partial charge in [-0.1, -0.05) is 62.1 Å². The molecule has 8 nitrogen and oxygen atoms in total. The van der Waals surface area contributed by atoms with Crippen LogP contribution in [-0.2, 0) is 17.2 Å². The van der Waals surface area contributed by atoms with Gasteiger partial charge in [0, 0.05) is 53.2 Å². The third-order valence-electron chi connectivity index (χ3n) is 7.44. The summed E-state index contributed by atoms with van der Waals surface area (Å²) < 4.78 is 1.85. The van der Waals surface area contributed by atoms with E-state index in [1.165, 1.54) is 17.7 Å². The number of nitrogens with one attached hydrogen (secondary N) is 1. The number of aromatic nitrogens is 2. The predicted octanol–water partition coefficient (Wildman–Crippen LogP) is 6.58. The van der Waals surface area contributed by atoms with Crippen molar-refractivity contribution in [2.75, 3.05) is 17.0 Å². The highest BCUT2D eigenvalue weighted by Crippen LogP contribution is 2.62. The maximum absolute atomic E-state index is 11.3. The SMILES string of the molecule is Cc1nn(-c2ccccc2)c2c1P(=S)(Nc1ccc([N+](=O)[O-])cc1)/C(=C1/N(C)c3ccccc3C1(C)C)C=N2. The summed E-state index contributed by atoms with van der Waals surface area (Å²) in [4.78, 5) is 18.1. The number of hydrogen-bond donors (Lipinski definition) is 1. The number of allylic oxidation sites excluding steroid dienone is 2. The number of aryl methyl sites for hydroxylation is 1. The molecule has 0 amide bonds. The fourth-order valence-electron chi connectivity index (χ4n) is 5.68. The fraction of sp³-hybridized carbons (Fsp3) is 0.172. The van der Waals surface area contributed by atoms with Crippen molar-refractivity contribution in [1.29, 1.82) is 0 Å². The van der Waals surface area contributed by atoms with Crippen LogP contribution in [0.5, 0.6) is 0 Å². The summed E-state index contributed by atoms with van der Waals surface area (Å²) in [6.07, 6.45) is -0.883. The molecule has 6 rings (SSSR count). The minimum absolute atomic E-state index is 0.0296. The molecule has 10 heteroatoms. The monoisotopic (exact) mass is 554 g/mol. The molecule has 196 valence electrons. The number of fused-ring (bicyclic) bond motifs is 2. The van der Waals surface area contributed by atoms with E-state index in [1.807, 2.05) is 54.2 Å². The number of hydrogen-bond acceptors (Lipinski definition) is 6. The van der Waals surface area contributed by atoms with Gasteiger partial charge < -0.3 is 9.99 Å². The predicted molar refractivity (Wildman–Crippen MR) is 162 cm³/mol. The summed E-state index contributed by atoms with van der Waals surface area (Å²) in [5.74, 6) is 0.705. The van der Waals surface area contributed by atoms with E-state index >= 15 is 0 Å². The Labute approximate surface area is 231 Å². The van der Waals surface area contributed by atoms with Gasteiger partial charge in [0.25, 0.3) is 5.69 Å². The molecule has 1 N–H and O–H groups in total. The Bertz CT molecular complexity index is 1740. The van der Waals surface area contributed by atoms with Crippen LogP contribution < -0.4 is 15.3 Å². The number of nitro groups is 1. The zero-order valence-corrected chi connectivity index (χ0v) is 23.7. The minimum atomic E-state index is -2.79. The number of aliphatic imine (C=N–C) groups is 1. The summed E-state index contributed by atoms with van der Waals surface area (Å²) in [5, 5.41) is 21.7. The maximum atomic E-state index is 11.3. The van der Waals surface area contributed by atoms with Gasteiger partial charge in [-0.3, -0.25) is 10.1 Å². The number of benzene rings is 3. The highest BCUT2D eigenvalue weighted by molar-refractivity contribution is 8.21. The number of rotatable bonds is 4. The molecule has 2 aliphatic rings. The van der Waals surface area contributed by atoms with Crippen LogP contribution >= 0.6 is 6.19 Å². The lowest BCUT2D eigenvalue weighted by Gasteiger charge is -2.35. The van der Waals surface area contributed by atoms with E-state index in [2.05, 4.69) is 49.1 Å². The molecule has 0 saturated carbocycles. The van der Waals surface area contributed by atoms with Gasteiger partial charge in [0.1, 0.15) is 0 Å². The molecular formula is C29H27N6O2PS. The highest BCUT2D eigenvalue weighted by atomic mass is 32.4. The molecule has 3 aromatic carbocycles. The standard InChI is InChI=1S/C29H27N6O2PS/c1-19-26-28(34(31-19)21-10-6-5-7-11-21)30-18-25(27-29(2,3)23-12-8-9-13-24(23)33(27)4)38(26,39)32-20-14-16-22(17-15-20)35(36)37/h5-18H,1-4H3,(H,32,39)/b27-25+. The summed E-state index contributed by atoms with van der Waals surface area (Å²) in [7, 11) is 2.07. The number of nitrogens with zero attached hydrogens (tertiary/aromatic N) is 5. The number of para-hydroxylation sites is 2. The molecule has 39 heavy (non-hydrogen) atoms. The lowest BCUT2D eigenvalue weighted by atomic mass is 9.84. The molecule has 0 saturated heterocycles. The topological polar surface area (TPSA) is 88.6 Å². The number of anilines is 2. The van der Waals surface area contributed by atoms with Gasteiger partial charge in [0.15, 0.2) is 5.82 Å². The Morgan fingerprint density at radius 3 is 2.33 bits per heavy atom. The van der Waals surface area contributed by atoms with Crippen LogP contribution in [0.25, 0.3) is 5.69 Å². The molecular weight excluding hydrogens is 527 g/mol. The van der Waals surface area contributed by atoms with Crippen LogP contribution in [0.3, 0.4) is 0 Å². The lowest BCUT2D eigenvalue weighted by molar-refractivity contribution is -0.384. The normalized spacial score (nSPS) is 21.0. The van der Waals surface area contributed by atoms with Crippen molar-refractivity contribution < 1.29 is 4.92 Å². The lowest BCUT2D eigenvalue weighted by Crippen LogP contribution is -2.29. The van der Waals surface area contributed by atoms with Crippen molar-refractivity contribution in [3.05, 3.63) is 111 Å². The van der Waals surface area contributed by atoms with Crippen LogP contribution in [0.2, 0.25) is 0 Å². The average Bonchev–Trinajstić information content (AvgIpc) is 3.37. The molecule has 1 atom stereocenters. The van der Waals surface area contributed by atoms with Crippen LogP contribution in [0.4, 0.5) is 22.9 Å². The van der Waals surface area contributed by atoms with Crippen molar-refractivity contribution in [2.24, 2.45) is 4.99 Å². The molecule has 0 aliphatic carbocycles. The Morgan fingerprint density at radius 2 is 1.67 bits per heavy atom. The number of nitro benzene ring substituents is 1. The minimum Gasteiger partial charge on any atom is -0.351 e. The Kier molecular flexibility index (Phi) is 5.82. The van der Waals surface area contributed by atoms with Gasteiger partial charge >= 0.3 is 0 Å². The number of likely N-dealkylation sites (N-methyl/N-ethyl adjacent to an activating group) is 1. The van der Waals surface area contributed by atoms with Crippen molar-refractivity contribution >= 4 is 52.4 Å². The van der Waals surface area contributed by atoms with Crippen molar-refractivity contribution in [3.8, 4) is 5.69 Å². The van der Waals surface area contributed by atoms with Gasteiger partial charge in [0.2, 0.25) is 0 Å². The summed E-state index contributed by atoms with van der Waals surface area (Å²) in [5.41, 5.74) is 5.57. The Hall–Kier alpha value is -4.07. The second kappa shape index (κ2) is 9.00. The Balaban J connectivity index is 1.60. The molecule has 2 aliphatic heterocycles. The molecule has 0 spiro atoms. The van der Waals surface area contributed by atoms with Crippen molar-refractivity contribution in [3.63, 3.8) is 0 Å². The average molecular weight is 555 g/mol. The number of non-ortho nitro benzene ring substituents is 1. The van der Waals surface area contributed by atoms with E-state index in [1.54, 1.807) is 12.1 Å². The Morgan fingerprint density at radius 1 is 1.00 bits per heavy atom. The van der Waals surface area contributed by atoms with E-state index < -0.39 is 11.1 Å². The van der Waals surface area contributed by atoms with E-state index in [9.17, 15) is 10.1 Å². The largest absolute Gasteiger partial charge is 0.351 e. The van der Waals surface area contributed by atoms with Crippen LogP contribution in [0, 0.1) is 17.0 Å². The third kappa shape index (κ3) is 3.84. The van der Waals surface area contributed by atoms with Crippen LogP contribution in [0.1, 0.15) is 25.1 Å². The van der Waals surface area contributed by atoms with E-state index in [4.69, 9.17) is 21.9 Å². The molecule has 4 aromatic rings. The molecule has 3 heterocycles. The van der Waals surface area contributed by atoms with Gasteiger partial charge in [0.05, 0.1) is 27.8 Å². The van der Waals surface area contributed by atoms with E-state index in [-0.39, 0.29) is 11.1 Å². The quantitative estimate of drug-likeness (QED) is 0.174. The second-order valence-corrected chi connectivity index (χ2v) is 14.2. The molecule has 1 unspecified atom stereocenters. The van der Waals surface area contributed by atoms with E-state index in [0.29, 0.717) is 11.5 Å². The molecule has 0 radical (unpaired) electrons. The summed E-state index contributed by atoms with van der Waals surface area (Å²) in [6.45, 7) is 6.40.